The lowest BCUT2D eigenvalue weighted by Gasteiger charge is -2.07. The first-order chi connectivity index (χ1) is 9.85. The third-order valence-electron chi connectivity index (χ3n) is 3.43. The van der Waals surface area contributed by atoms with E-state index in [-0.39, 0.29) is 0 Å². The van der Waals surface area contributed by atoms with E-state index in [4.69, 9.17) is 0 Å². The fourth-order valence-corrected chi connectivity index (χ4v) is 2.21. The fraction of sp³-hybridized carbons (Fsp3) is 0.211. The first-order valence-electron chi connectivity index (χ1n) is 7.25. The Balaban J connectivity index is 2.45. The Hall–Kier alpha value is -2.15. The zero-order valence-electron chi connectivity index (χ0n) is 12.3. The summed E-state index contributed by atoms with van der Waals surface area (Å²) < 4.78 is 2.30. The zero-order valence-corrected chi connectivity index (χ0v) is 12.3. The average molecular weight is 264 g/mol. The first-order valence-corrected chi connectivity index (χ1v) is 7.25. The van der Waals surface area contributed by atoms with Gasteiger partial charge in [-0.15, -0.1) is 0 Å². The molecule has 0 unspecified atom stereocenters. The molecule has 1 nitrogen and oxygen atoms in total. The number of allylic oxidation sites excluding steroid dienone is 1. The number of hydrogen-bond donors (Lipinski definition) is 0. The van der Waals surface area contributed by atoms with E-state index >= 15 is 0 Å². The Kier molecular flexibility index (Phi) is 5.31. The second kappa shape index (κ2) is 7.44. The Morgan fingerprint density at radius 2 is 1.25 bits per heavy atom. The minimum absolute atomic E-state index is 1.03. The lowest BCUT2D eigenvalue weighted by atomic mass is 9.98. The van der Waals surface area contributed by atoms with Crippen LogP contribution in [-0.2, 0) is 0 Å². The lowest BCUT2D eigenvalue weighted by molar-refractivity contribution is -0.515. The van der Waals surface area contributed by atoms with Gasteiger partial charge in [0.25, 0.3) is 0 Å². The minimum Gasteiger partial charge on any atom is -0.237 e. The molecule has 0 aliphatic carbocycles. The van der Waals surface area contributed by atoms with Crippen LogP contribution in [0.25, 0.3) is 5.57 Å². The van der Waals surface area contributed by atoms with Crippen molar-refractivity contribution in [1.29, 1.82) is 0 Å². The summed E-state index contributed by atoms with van der Waals surface area (Å²) >= 11 is 0. The van der Waals surface area contributed by atoms with Gasteiger partial charge in [0.15, 0.2) is 6.21 Å². The van der Waals surface area contributed by atoms with Gasteiger partial charge in [-0.2, -0.15) is 0 Å². The fourth-order valence-electron chi connectivity index (χ4n) is 2.21. The molecule has 0 aliphatic heterocycles. The van der Waals surface area contributed by atoms with Gasteiger partial charge in [-0.3, -0.25) is 0 Å². The molecule has 2 rings (SSSR count). The third-order valence-corrected chi connectivity index (χ3v) is 3.43. The summed E-state index contributed by atoms with van der Waals surface area (Å²) in [7, 11) is 0. The highest BCUT2D eigenvalue weighted by Gasteiger charge is 2.04. The van der Waals surface area contributed by atoms with Crippen LogP contribution in [0.2, 0.25) is 0 Å². The molecule has 0 fully saturated rings. The van der Waals surface area contributed by atoms with Crippen LogP contribution in [0.3, 0.4) is 0 Å². The molecule has 102 valence electrons. The molecule has 2 aromatic carbocycles. The largest absolute Gasteiger partial charge is 0.237 e. The number of benzene rings is 2. The van der Waals surface area contributed by atoms with Crippen molar-refractivity contribution in [2.45, 2.75) is 13.8 Å². The standard InChI is InChI=1S/C19H22N/c1-3-20(4-2)16-15-19(17-11-7-5-8-12-17)18-13-9-6-10-14-18/h5-16H,3-4H2,1-2H3/q+1. The van der Waals surface area contributed by atoms with E-state index in [0.717, 1.165) is 13.1 Å². The van der Waals surface area contributed by atoms with E-state index in [9.17, 15) is 0 Å². The molecule has 0 N–H and O–H groups in total. The Morgan fingerprint density at radius 3 is 1.65 bits per heavy atom. The normalized spacial score (nSPS) is 9.90. The Morgan fingerprint density at radius 1 is 0.800 bits per heavy atom. The van der Waals surface area contributed by atoms with Gasteiger partial charge in [-0.05, 0) is 30.5 Å². The summed E-state index contributed by atoms with van der Waals surface area (Å²) in [4.78, 5) is 0. The van der Waals surface area contributed by atoms with E-state index in [0.29, 0.717) is 0 Å². The van der Waals surface area contributed by atoms with Crippen LogP contribution in [0, 0.1) is 0 Å². The van der Waals surface area contributed by atoms with Crippen LogP contribution in [0.15, 0.2) is 66.7 Å². The number of hydrogen-bond acceptors (Lipinski definition) is 0. The molecule has 20 heavy (non-hydrogen) atoms. The van der Waals surface area contributed by atoms with E-state index in [1.165, 1.54) is 16.7 Å². The van der Waals surface area contributed by atoms with Crippen LogP contribution in [-0.4, -0.2) is 23.9 Å². The predicted molar refractivity (Wildman–Crippen MR) is 87.4 cm³/mol. The van der Waals surface area contributed by atoms with Crippen molar-refractivity contribution in [3.63, 3.8) is 0 Å². The second-order valence-electron chi connectivity index (χ2n) is 4.68. The molecule has 0 bridgehead atoms. The van der Waals surface area contributed by atoms with Gasteiger partial charge in [-0.25, -0.2) is 4.58 Å². The van der Waals surface area contributed by atoms with Crippen molar-refractivity contribution in [2.75, 3.05) is 13.1 Å². The van der Waals surface area contributed by atoms with Crippen molar-refractivity contribution < 1.29 is 4.58 Å². The van der Waals surface area contributed by atoms with Crippen LogP contribution in [0.4, 0.5) is 0 Å². The Labute approximate surface area is 121 Å². The molecule has 0 aromatic heterocycles. The highest BCUT2D eigenvalue weighted by atomic mass is 15.0. The van der Waals surface area contributed by atoms with E-state index < -0.39 is 0 Å². The van der Waals surface area contributed by atoms with Crippen molar-refractivity contribution in [2.24, 2.45) is 0 Å². The molecule has 0 radical (unpaired) electrons. The van der Waals surface area contributed by atoms with Crippen molar-refractivity contribution in [1.82, 2.24) is 0 Å². The van der Waals surface area contributed by atoms with Crippen LogP contribution in [0.1, 0.15) is 25.0 Å². The topological polar surface area (TPSA) is 3.01 Å². The maximum atomic E-state index is 2.30. The van der Waals surface area contributed by atoms with Gasteiger partial charge in [0, 0.05) is 6.08 Å². The summed E-state index contributed by atoms with van der Waals surface area (Å²) in [5.41, 5.74) is 3.77. The average Bonchev–Trinajstić information content (AvgIpc) is 2.53. The molecule has 1 heteroatoms. The lowest BCUT2D eigenvalue weighted by Crippen LogP contribution is -2.10. The van der Waals surface area contributed by atoms with Gasteiger partial charge in [0.1, 0.15) is 13.1 Å². The highest BCUT2D eigenvalue weighted by molar-refractivity contribution is 5.89. The van der Waals surface area contributed by atoms with E-state index in [1.54, 1.807) is 0 Å². The summed E-state index contributed by atoms with van der Waals surface area (Å²) in [5.74, 6) is 0. The van der Waals surface area contributed by atoms with Gasteiger partial charge < -0.3 is 0 Å². The summed E-state index contributed by atoms with van der Waals surface area (Å²) in [5, 5.41) is 0. The number of rotatable bonds is 5. The molecular weight excluding hydrogens is 242 g/mol. The van der Waals surface area contributed by atoms with E-state index in [2.05, 4.69) is 91.4 Å². The molecule has 0 heterocycles. The molecule has 2 aromatic rings. The third kappa shape index (κ3) is 3.67. The Bertz CT molecular complexity index is 532. The monoisotopic (exact) mass is 264 g/mol. The van der Waals surface area contributed by atoms with Crippen LogP contribution < -0.4 is 0 Å². The van der Waals surface area contributed by atoms with Crippen LogP contribution in [0.5, 0.6) is 0 Å². The molecule has 0 spiro atoms. The molecular formula is C19H22N+. The smallest absolute Gasteiger partial charge is 0.163 e. The molecule has 0 aliphatic rings. The van der Waals surface area contributed by atoms with Crippen molar-refractivity contribution in [3.05, 3.63) is 77.9 Å². The predicted octanol–water partition coefficient (Wildman–Crippen LogP) is 4.24. The van der Waals surface area contributed by atoms with Gasteiger partial charge >= 0.3 is 0 Å². The van der Waals surface area contributed by atoms with Crippen molar-refractivity contribution in [3.8, 4) is 0 Å². The minimum atomic E-state index is 1.03. The maximum absolute atomic E-state index is 2.30. The highest BCUT2D eigenvalue weighted by Crippen LogP contribution is 2.22. The molecule has 0 amide bonds. The first kappa shape index (κ1) is 14.3. The molecule has 0 saturated heterocycles. The van der Waals surface area contributed by atoms with E-state index in [1.807, 2.05) is 0 Å². The van der Waals surface area contributed by atoms with Crippen LogP contribution >= 0.6 is 0 Å². The summed E-state index contributed by atoms with van der Waals surface area (Å²) in [6.07, 6.45) is 4.41. The van der Waals surface area contributed by atoms with Gasteiger partial charge in [0.2, 0.25) is 0 Å². The van der Waals surface area contributed by atoms with Gasteiger partial charge in [0.05, 0.1) is 0 Å². The zero-order chi connectivity index (χ0) is 14.2. The summed E-state index contributed by atoms with van der Waals surface area (Å²) in [6.45, 7) is 6.42. The number of nitrogens with zero attached hydrogens (tertiary/aromatic N) is 1. The SMILES string of the molecule is CC[N+](=CC=C(c1ccccc1)c1ccccc1)CC. The van der Waals surface area contributed by atoms with Gasteiger partial charge in [-0.1, -0.05) is 60.7 Å². The molecule has 0 atom stereocenters. The van der Waals surface area contributed by atoms with Crippen molar-refractivity contribution >= 4 is 11.8 Å². The molecule has 0 saturated carbocycles. The summed E-state index contributed by atoms with van der Waals surface area (Å²) in [6, 6.07) is 21.1. The quantitative estimate of drug-likeness (QED) is 0.561. The second-order valence-corrected chi connectivity index (χ2v) is 4.68. The maximum Gasteiger partial charge on any atom is 0.163 e.